The van der Waals surface area contributed by atoms with Gasteiger partial charge in [0.2, 0.25) is 0 Å². The molecule has 0 aliphatic heterocycles. The Morgan fingerprint density at radius 2 is 1.94 bits per heavy atom. The molecular weight excluding hydrogens is 218 g/mol. The van der Waals surface area contributed by atoms with Gasteiger partial charge < -0.3 is 5.32 Å². The van der Waals surface area contributed by atoms with Crippen molar-refractivity contribution in [2.75, 3.05) is 6.54 Å². The van der Waals surface area contributed by atoms with Crippen LogP contribution in [0, 0.1) is 18.8 Å². The van der Waals surface area contributed by atoms with Crippen molar-refractivity contribution >= 4 is 0 Å². The highest BCUT2D eigenvalue weighted by Gasteiger charge is 2.07. The van der Waals surface area contributed by atoms with Gasteiger partial charge in [-0.1, -0.05) is 36.8 Å². The Labute approximate surface area is 112 Å². The first-order valence-corrected chi connectivity index (χ1v) is 6.94. The third-order valence-corrected chi connectivity index (χ3v) is 3.08. The second-order valence-electron chi connectivity index (χ2n) is 4.81. The zero-order valence-electron chi connectivity index (χ0n) is 11.9. The van der Waals surface area contributed by atoms with E-state index in [-0.39, 0.29) is 0 Å². The van der Waals surface area contributed by atoms with Crippen LogP contribution < -0.4 is 5.32 Å². The van der Waals surface area contributed by atoms with Gasteiger partial charge in [-0.2, -0.15) is 0 Å². The van der Waals surface area contributed by atoms with Crippen LogP contribution >= 0.6 is 0 Å². The highest BCUT2D eigenvalue weighted by atomic mass is 14.9. The molecule has 0 bridgehead atoms. The molecule has 1 rings (SSSR count). The van der Waals surface area contributed by atoms with Gasteiger partial charge in [0.05, 0.1) is 0 Å². The Bertz CT molecular complexity index is 380. The summed E-state index contributed by atoms with van der Waals surface area (Å²) in [5.74, 6) is 6.13. The first-order valence-electron chi connectivity index (χ1n) is 6.94. The van der Waals surface area contributed by atoms with Crippen molar-refractivity contribution in [3.8, 4) is 11.8 Å². The molecule has 1 atom stereocenters. The summed E-state index contributed by atoms with van der Waals surface area (Å²) >= 11 is 0. The van der Waals surface area contributed by atoms with Crippen molar-refractivity contribution in [3.05, 3.63) is 35.4 Å². The number of rotatable bonds is 7. The van der Waals surface area contributed by atoms with Crippen LogP contribution in [0.4, 0.5) is 0 Å². The normalized spacial score (nSPS) is 11.7. The fourth-order valence-electron chi connectivity index (χ4n) is 2.00. The standard InChI is InChI=1S/C17H25N/c1-4-6-7-8-17(18-13-5-2)14-16-11-9-15(3)10-12-16/h9-12,17-18H,5,7-8,13-14H2,1-3H3. The van der Waals surface area contributed by atoms with Gasteiger partial charge in [0.25, 0.3) is 0 Å². The maximum absolute atomic E-state index is 3.62. The predicted octanol–water partition coefficient (Wildman–Crippen LogP) is 3.71. The van der Waals surface area contributed by atoms with Crippen LogP contribution in [-0.2, 0) is 6.42 Å². The van der Waals surface area contributed by atoms with Gasteiger partial charge in [-0.05, 0) is 45.2 Å². The van der Waals surface area contributed by atoms with E-state index in [1.807, 2.05) is 6.92 Å². The summed E-state index contributed by atoms with van der Waals surface area (Å²) in [5.41, 5.74) is 2.74. The van der Waals surface area contributed by atoms with Crippen molar-refractivity contribution in [2.45, 2.75) is 52.5 Å². The van der Waals surface area contributed by atoms with Gasteiger partial charge in [-0.15, -0.1) is 11.8 Å². The van der Waals surface area contributed by atoms with E-state index >= 15 is 0 Å². The minimum absolute atomic E-state index is 0.550. The van der Waals surface area contributed by atoms with E-state index in [0.29, 0.717) is 6.04 Å². The zero-order valence-corrected chi connectivity index (χ0v) is 11.9. The second-order valence-corrected chi connectivity index (χ2v) is 4.81. The topological polar surface area (TPSA) is 12.0 Å². The molecular formula is C17H25N. The molecule has 0 fully saturated rings. The number of benzene rings is 1. The Kier molecular flexibility index (Phi) is 7.22. The predicted molar refractivity (Wildman–Crippen MR) is 79.6 cm³/mol. The Morgan fingerprint density at radius 1 is 1.22 bits per heavy atom. The van der Waals surface area contributed by atoms with Crippen molar-refractivity contribution in [3.63, 3.8) is 0 Å². The summed E-state index contributed by atoms with van der Waals surface area (Å²) in [7, 11) is 0. The third-order valence-electron chi connectivity index (χ3n) is 3.08. The molecule has 1 unspecified atom stereocenters. The number of hydrogen-bond acceptors (Lipinski definition) is 1. The third kappa shape index (κ3) is 5.89. The summed E-state index contributed by atoms with van der Waals surface area (Å²) < 4.78 is 0. The fraction of sp³-hybridized carbons (Fsp3) is 0.529. The minimum atomic E-state index is 0.550. The Morgan fingerprint density at radius 3 is 2.56 bits per heavy atom. The van der Waals surface area contributed by atoms with Crippen LogP contribution in [0.25, 0.3) is 0 Å². The lowest BCUT2D eigenvalue weighted by Gasteiger charge is -2.17. The van der Waals surface area contributed by atoms with Crippen LogP contribution in [0.5, 0.6) is 0 Å². The van der Waals surface area contributed by atoms with Crippen LogP contribution in [-0.4, -0.2) is 12.6 Å². The van der Waals surface area contributed by atoms with Gasteiger partial charge in [-0.25, -0.2) is 0 Å². The maximum Gasteiger partial charge on any atom is 0.0116 e. The number of hydrogen-bond donors (Lipinski definition) is 1. The van der Waals surface area contributed by atoms with E-state index in [1.165, 1.54) is 17.5 Å². The summed E-state index contributed by atoms with van der Waals surface area (Å²) in [6.07, 6.45) is 4.41. The van der Waals surface area contributed by atoms with Crippen LogP contribution in [0.15, 0.2) is 24.3 Å². The molecule has 1 N–H and O–H groups in total. The quantitative estimate of drug-likeness (QED) is 0.720. The van der Waals surface area contributed by atoms with Crippen molar-refractivity contribution in [2.24, 2.45) is 0 Å². The molecule has 0 saturated carbocycles. The first-order chi connectivity index (χ1) is 8.76. The lowest BCUT2D eigenvalue weighted by atomic mass is 10.0. The molecule has 0 heterocycles. The molecule has 0 radical (unpaired) electrons. The molecule has 0 amide bonds. The van der Waals surface area contributed by atoms with E-state index < -0.39 is 0 Å². The molecule has 98 valence electrons. The van der Waals surface area contributed by atoms with Crippen molar-refractivity contribution in [1.82, 2.24) is 5.32 Å². The molecule has 18 heavy (non-hydrogen) atoms. The average molecular weight is 243 g/mol. The molecule has 1 heteroatoms. The molecule has 0 aliphatic rings. The molecule has 0 aromatic heterocycles. The van der Waals surface area contributed by atoms with E-state index in [9.17, 15) is 0 Å². The van der Waals surface area contributed by atoms with Crippen LogP contribution in [0.3, 0.4) is 0 Å². The molecule has 1 aromatic rings. The monoisotopic (exact) mass is 243 g/mol. The summed E-state index contributed by atoms with van der Waals surface area (Å²) in [6, 6.07) is 9.41. The largest absolute Gasteiger partial charge is 0.314 e. The van der Waals surface area contributed by atoms with Gasteiger partial charge in [0.1, 0.15) is 0 Å². The Balaban J connectivity index is 2.52. The highest BCUT2D eigenvalue weighted by molar-refractivity contribution is 5.22. The molecule has 1 nitrogen and oxygen atoms in total. The van der Waals surface area contributed by atoms with E-state index in [4.69, 9.17) is 0 Å². The fourth-order valence-corrected chi connectivity index (χ4v) is 2.00. The van der Waals surface area contributed by atoms with E-state index in [0.717, 1.165) is 25.8 Å². The Hall–Kier alpha value is -1.26. The smallest absolute Gasteiger partial charge is 0.0116 e. The molecule has 0 aliphatic carbocycles. The van der Waals surface area contributed by atoms with E-state index in [1.54, 1.807) is 0 Å². The van der Waals surface area contributed by atoms with Gasteiger partial charge in [-0.3, -0.25) is 0 Å². The number of aryl methyl sites for hydroxylation is 1. The first kappa shape index (κ1) is 14.8. The summed E-state index contributed by atoms with van der Waals surface area (Å²) in [6.45, 7) is 7.35. The SMILES string of the molecule is CC#CCCC(Cc1ccc(C)cc1)NCCC. The van der Waals surface area contributed by atoms with Crippen LogP contribution in [0.2, 0.25) is 0 Å². The summed E-state index contributed by atoms with van der Waals surface area (Å²) in [4.78, 5) is 0. The maximum atomic E-state index is 3.62. The van der Waals surface area contributed by atoms with Crippen molar-refractivity contribution < 1.29 is 0 Å². The average Bonchev–Trinajstić information content (AvgIpc) is 2.38. The highest BCUT2D eigenvalue weighted by Crippen LogP contribution is 2.09. The van der Waals surface area contributed by atoms with Crippen LogP contribution in [0.1, 0.15) is 44.2 Å². The minimum Gasteiger partial charge on any atom is -0.314 e. The zero-order chi connectivity index (χ0) is 13.2. The molecule has 0 saturated heterocycles. The second kappa shape index (κ2) is 8.78. The molecule has 1 aromatic carbocycles. The molecule has 0 spiro atoms. The lowest BCUT2D eigenvalue weighted by molar-refractivity contribution is 0.483. The lowest BCUT2D eigenvalue weighted by Crippen LogP contribution is -2.31. The number of nitrogens with one attached hydrogen (secondary N) is 1. The van der Waals surface area contributed by atoms with Gasteiger partial charge >= 0.3 is 0 Å². The van der Waals surface area contributed by atoms with Gasteiger partial charge in [0, 0.05) is 12.5 Å². The summed E-state index contributed by atoms with van der Waals surface area (Å²) in [5, 5.41) is 3.62. The van der Waals surface area contributed by atoms with Gasteiger partial charge in [0.15, 0.2) is 0 Å². The van der Waals surface area contributed by atoms with Crippen molar-refractivity contribution in [1.29, 1.82) is 0 Å². The van der Waals surface area contributed by atoms with E-state index in [2.05, 4.69) is 55.3 Å².